The molecule has 1 heterocycles. The van der Waals surface area contributed by atoms with Crippen LogP contribution in [0.3, 0.4) is 0 Å². The average Bonchev–Trinajstić information content (AvgIpc) is 2.39. The third-order valence-electron chi connectivity index (χ3n) is 4.59. The lowest BCUT2D eigenvalue weighted by atomic mass is 9.84. The van der Waals surface area contributed by atoms with Gasteiger partial charge >= 0.3 is 0 Å². The number of halogens is 1. The Kier molecular flexibility index (Phi) is 7.16. The van der Waals surface area contributed by atoms with Crippen molar-refractivity contribution in [1.29, 1.82) is 0 Å². The van der Waals surface area contributed by atoms with Gasteiger partial charge in [0.2, 0.25) is 5.91 Å². The normalized spacial score (nSPS) is 31.7. The van der Waals surface area contributed by atoms with Gasteiger partial charge in [0.15, 0.2) is 0 Å². The predicted molar refractivity (Wildman–Crippen MR) is 81.4 cm³/mol. The topological polar surface area (TPSA) is 46.3 Å². The number of nitrogens with two attached hydrogens (primary N) is 1. The first-order valence-corrected chi connectivity index (χ1v) is 7.75. The van der Waals surface area contributed by atoms with E-state index in [9.17, 15) is 4.79 Å². The van der Waals surface area contributed by atoms with Gasteiger partial charge in [-0.1, -0.05) is 19.8 Å². The highest BCUT2D eigenvalue weighted by atomic mass is 35.5. The van der Waals surface area contributed by atoms with Crippen LogP contribution in [0.4, 0.5) is 0 Å². The van der Waals surface area contributed by atoms with Crippen LogP contribution in [0, 0.1) is 11.8 Å². The molecule has 1 saturated carbocycles. The van der Waals surface area contributed by atoms with E-state index in [1.165, 1.54) is 25.7 Å². The second-order valence-corrected chi connectivity index (χ2v) is 6.20. The summed E-state index contributed by atoms with van der Waals surface area (Å²) in [6.07, 6.45) is 9.20. The summed E-state index contributed by atoms with van der Waals surface area (Å²) in [5.41, 5.74) is 6.00. The number of carbonyl (C=O) groups excluding carboxylic acids is 1. The fraction of sp³-hybridized carbons (Fsp3) is 0.933. The minimum atomic E-state index is 0. The molecule has 3 unspecified atom stereocenters. The molecule has 1 aliphatic carbocycles. The van der Waals surface area contributed by atoms with Crippen molar-refractivity contribution < 1.29 is 4.79 Å². The average molecular weight is 289 g/mol. The Balaban J connectivity index is 0.00000180. The molecule has 1 aliphatic heterocycles. The molecule has 3 nitrogen and oxygen atoms in total. The third kappa shape index (κ3) is 4.64. The van der Waals surface area contributed by atoms with Crippen molar-refractivity contribution in [3.8, 4) is 0 Å². The summed E-state index contributed by atoms with van der Waals surface area (Å²) in [5.74, 6) is 1.35. The highest BCUT2D eigenvalue weighted by Gasteiger charge is 2.31. The first-order chi connectivity index (χ1) is 8.70. The van der Waals surface area contributed by atoms with Crippen molar-refractivity contribution in [2.45, 2.75) is 64.3 Å². The standard InChI is InChI=1S/C15H28N2O.ClH/c1-2-5-12-6-4-9-17(11-12)15(18)13-7-3-8-14(16)10-13;/h12-14H,2-11,16H2,1H3;1H. The molecular weight excluding hydrogens is 260 g/mol. The lowest BCUT2D eigenvalue weighted by Crippen LogP contribution is -2.45. The van der Waals surface area contributed by atoms with E-state index < -0.39 is 0 Å². The summed E-state index contributed by atoms with van der Waals surface area (Å²) in [5, 5.41) is 0. The van der Waals surface area contributed by atoms with Gasteiger partial charge in [0.05, 0.1) is 0 Å². The number of hydrogen-bond acceptors (Lipinski definition) is 2. The van der Waals surface area contributed by atoms with Gasteiger partial charge in [-0.05, 0) is 44.4 Å². The van der Waals surface area contributed by atoms with E-state index in [0.717, 1.165) is 44.7 Å². The largest absolute Gasteiger partial charge is 0.342 e. The number of likely N-dealkylation sites (tertiary alicyclic amines) is 1. The van der Waals surface area contributed by atoms with Gasteiger partial charge in [0, 0.05) is 25.0 Å². The molecule has 0 radical (unpaired) electrons. The maximum Gasteiger partial charge on any atom is 0.225 e. The Morgan fingerprint density at radius 2 is 2.05 bits per heavy atom. The number of rotatable bonds is 3. The summed E-state index contributed by atoms with van der Waals surface area (Å²) in [7, 11) is 0. The molecule has 2 N–H and O–H groups in total. The molecule has 4 heteroatoms. The summed E-state index contributed by atoms with van der Waals surface area (Å²) in [6, 6.07) is 0.254. The highest BCUT2D eigenvalue weighted by Crippen LogP contribution is 2.28. The summed E-state index contributed by atoms with van der Waals surface area (Å²) in [6.45, 7) is 4.21. The van der Waals surface area contributed by atoms with E-state index in [4.69, 9.17) is 5.73 Å². The molecule has 3 atom stereocenters. The number of piperidine rings is 1. The minimum absolute atomic E-state index is 0. The first kappa shape index (κ1) is 16.8. The smallest absolute Gasteiger partial charge is 0.225 e. The van der Waals surface area contributed by atoms with Gasteiger partial charge < -0.3 is 10.6 Å². The molecule has 1 amide bonds. The van der Waals surface area contributed by atoms with Crippen LogP contribution >= 0.6 is 12.4 Å². The Hall–Kier alpha value is -0.280. The number of amides is 1. The van der Waals surface area contributed by atoms with E-state index in [2.05, 4.69) is 11.8 Å². The van der Waals surface area contributed by atoms with Gasteiger partial charge in [-0.2, -0.15) is 0 Å². The monoisotopic (exact) mass is 288 g/mol. The molecule has 1 saturated heterocycles. The maximum atomic E-state index is 12.5. The maximum absolute atomic E-state index is 12.5. The van der Waals surface area contributed by atoms with Crippen LogP contribution in [-0.2, 0) is 4.79 Å². The Morgan fingerprint density at radius 3 is 2.74 bits per heavy atom. The Labute approximate surface area is 123 Å². The van der Waals surface area contributed by atoms with Gasteiger partial charge in [0.1, 0.15) is 0 Å². The fourth-order valence-electron chi connectivity index (χ4n) is 3.62. The van der Waals surface area contributed by atoms with E-state index in [1.54, 1.807) is 0 Å². The van der Waals surface area contributed by atoms with Crippen LogP contribution in [0.5, 0.6) is 0 Å². The third-order valence-corrected chi connectivity index (χ3v) is 4.59. The molecule has 0 aromatic heterocycles. The molecule has 0 aromatic rings. The van der Waals surface area contributed by atoms with Gasteiger partial charge in [-0.3, -0.25) is 4.79 Å². The predicted octanol–water partition coefficient (Wildman–Crippen LogP) is 2.96. The van der Waals surface area contributed by atoms with E-state index in [1.807, 2.05) is 0 Å². The SMILES string of the molecule is CCCC1CCCN(C(=O)C2CCCC(N)C2)C1.Cl. The fourth-order valence-corrected chi connectivity index (χ4v) is 3.62. The summed E-state index contributed by atoms with van der Waals surface area (Å²) in [4.78, 5) is 14.7. The van der Waals surface area contributed by atoms with Crippen molar-refractivity contribution >= 4 is 18.3 Å². The number of hydrogen-bond donors (Lipinski definition) is 1. The van der Waals surface area contributed by atoms with Crippen LogP contribution in [0.25, 0.3) is 0 Å². The van der Waals surface area contributed by atoms with Crippen molar-refractivity contribution in [2.24, 2.45) is 17.6 Å². The molecule has 2 fully saturated rings. The lowest BCUT2D eigenvalue weighted by molar-refractivity contribution is -0.138. The second kappa shape index (κ2) is 8.11. The number of carbonyl (C=O) groups is 1. The zero-order valence-corrected chi connectivity index (χ0v) is 13.0. The van der Waals surface area contributed by atoms with Crippen LogP contribution in [0.15, 0.2) is 0 Å². The van der Waals surface area contributed by atoms with Crippen LogP contribution < -0.4 is 5.73 Å². The highest BCUT2D eigenvalue weighted by molar-refractivity contribution is 5.85. The zero-order valence-electron chi connectivity index (χ0n) is 12.1. The van der Waals surface area contributed by atoms with E-state index in [-0.39, 0.29) is 24.4 Å². The Morgan fingerprint density at radius 1 is 1.26 bits per heavy atom. The minimum Gasteiger partial charge on any atom is -0.342 e. The molecule has 0 bridgehead atoms. The number of nitrogens with zero attached hydrogens (tertiary/aromatic N) is 1. The van der Waals surface area contributed by atoms with Gasteiger partial charge in [-0.25, -0.2) is 0 Å². The zero-order chi connectivity index (χ0) is 13.0. The van der Waals surface area contributed by atoms with Crippen LogP contribution in [-0.4, -0.2) is 29.9 Å². The van der Waals surface area contributed by atoms with Crippen molar-refractivity contribution in [3.05, 3.63) is 0 Å². The van der Waals surface area contributed by atoms with E-state index in [0.29, 0.717) is 5.91 Å². The van der Waals surface area contributed by atoms with Crippen molar-refractivity contribution in [1.82, 2.24) is 4.90 Å². The molecular formula is C15H29ClN2O. The summed E-state index contributed by atoms with van der Waals surface area (Å²) >= 11 is 0. The van der Waals surface area contributed by atoms with Crippen molar-refractivity contribution in [2.75, 3.05) is 13.1 Å². The quantitative estimate of drug-likeness (QED) is 0.868. The molecule has 0 aromatic carbocycles. The second-order valence-electron chi connectivity index (χ2n) is 6.20. The first-order valence-electron chi connectivity index (χ1n) is 7.75. The molecule has 2 aliphatic rings. The van der Waals surface area contributed by atoms with Gasteiger partial charge in [0.25, 0.3) is 0 Å². The van der Waals surface area contributed by atoms with Crippen molar-refractivity contribution in [3.63, 3.8) is 0 Å². The molecule has 19 heavy (non-hydrogen) atoms. The molecule has 0 spiro atoms. The van der Waals surface area contributed by atoms with Crippen LogP contribution in [0.2, 0.25) is 0 Å². The summed E-state index contributed by atoms with van der Waals surface area (Å²) < 4.78 is 0. The van der Waals surface area contributed by atoms with Crippen LogP contribution in [0.1, 0.15) is 58.3 Å². The molecule has 112 valence electrons. The molecule has 2 rings (SSSR count). The Bertz CT molecular complexity index is 283. The van der Waals surface area contributed by atoms with E-state index >= 15 is 0 Å². The lowest BCUT2D eigenvalue weighted by Gasteiger charge is -2.36. The van der Waals surface area contributed by atoms with Gasteiger partial charge in [-0.15, -0.1) is 12.4 Å².